The van der Waals surface area contributed by atoms with Gasteiger partial charge in [-0.3, -0.25) is 9.69 Å². The van der Waals surface area contributed by atoms with E-state index in [9.17, 15) is 22.8 Å². The van der Waals surface area contributed by atoms with Crippen LogP contribution in [-0.2, 0) is 11.0 Å². The summed E-state index contributed by atoms with van der Waals surface area (Å²) in [6, 6.07) is 7.92. The molecule has 4 rings (SSSR count). The average Bonchev–Trinajstić information content (AvgIpc) is 3.52. The molecule has 5 nitrogen and oxygen atoms in total. The Bertz CT molecular complexity index is 1130. The highest BCUT2D eigenvalue weighted by Gasteiger charge is 2.43. The summed E-state index contributed by atoms with van der Waals surface area (Å²) in [5, 5.41) is 5.74. The van der Waals surface area contributed by atoms with E-state index in [1.165, 1.54) is 29.2 Å². The molecule has 10 heteroatoms. The number of rotatable bonds is 4. The lowest BCUT2D eigenvalue weighted by molar-refractivity contribution is -0.137. The molecule has 1 aliphatic heterocycles. The van der Waals surface area contributed by atoms with Gasteiger partial charge in [0.2, 0.25) is 0 Å². The van der Waals surface area contributed by atoms with Crippen molar-refractivity contribution in [1.82, 2.24) is 10.2 Å². The highest BCUT2D eigenvalue weighted by molar-refractivity contribution is 6.35. The van der Waals surface area contributed by atoms with Crippen LogP contribution in [0.3, 0.4) is 0 Å². The Kier molecular flexibility index (Phi) is 5.85. The van der Waals surface area contributed by atoms with Crippen LogP contribution in [0.4, 0.5) is 23.7 Å². The Morgan fingerprint density at radius 1 is 1.16 bits per heavy atom. The first-order valence-corrected chi connectivity index (χ1v) is 10.6. The number of anilines is 1. The Morgan fingerprint density at radius 3 is 2.47 bits per heavy atom. The van der Waals surface area contributed by atoms with Crippen LogP contribution in [0.15, 0.2) is 53.7 Å². The number of para-hydroxylation sites is 1. The summed E-state index contributed by atoms with van der Waals surface area (Å²) in [5.41, 5.74) is -0.451. The fourth-order valence-corrected chi connectivity index (χ4v) is 4.34. The van der Waals surface area contributed by atoms with Crippen LogP contribution in [-0.4, -0.2) is 22.9 Å². The van der Waals surface area contributed by atoms with E-state index in [1.807, 2.05) is 0 Å². The summed E-state index contributed by atoms with van der Waals surface area (Å²) < 4.78 is 40.3. The number of carbonyl (C=O) groups excluding carboxylic acids is 2. The molecule has 0 bridgehead atoms. The molecule has 1 heterocycles. The maximum Gasteiger partial charge on any atom is 0.418 e. The molecule has 2 aromatic carbocycles. The Labute approximate surface area is 192 Å². The second-order valence-corrected chi connectivity index (χ2v) is 8.49. The van der Waals surface area contributed by atoms with Crippen molar-refractivity contribution in [3.05, 3.63) is 74.9 Å². The second kappa shape index (κ2) is 8.33. The third kappa shape index (κ3) is 4.29. The predicted molar refractivity (Wildman–Crippen MR) is 115 cm³/mol. The molecular formula is C22H18Cl2F3N3O2. The van der Waals surface area contributed by atoms with Crippen molar-refractivity contribution in [3.63, 3.8) is 0 Å². The number of nitrogens with zero attached hydrogens (tertiary/aromatic N) is 1. The number of allylic oxidation sites excluding steroid dienone is 1. The van der Waals surface area contributed by atoms with Gasteiger partial charge in [0.15, 0.2) is 0 Å². The van der Waals surface area contributed by atoms with Crippen LogP contribution in [0, 0.1) is 0 Å². The molecule has 2 aliphatic rings. The van der Waals surface area contributed by atoms with Crippen LogP contribution in [0.25, 0.3) is 0 Å². The number of amides is 3. The third-order valence-electron chi connectivity index (χ3n) is 5.44. The predicted octanol–water partition coefficient (Wildman–Crippen LogP) is 6.15. The molecule has 2 aromatic rings. The lowest BCUT2D eigenvalue weighted by Gasteiger charge is -2.36. The van der Waals surface area contributed by atoms with Gasteiger partial charge < -0.3 is 10.6 Å². The van der Waals surface area contributed by atoms with Gasteiger partial charge in [-0.25, -0.2) is 4.79 Å². The zero-order valence-corrected chi connectivity index (χ0v) is 18.3. The standard InChI is InChI=1S/C22H18Cl2F3N3O2/c1-11-18(20(31)28-17-5-3-2-4-15(17)22(25,26)27)19(14-9-6-12(23)10-16(14)24)29-21(32)30(11)13-7-8-13/h2-6,9-10,13,19H,7-8H2,1H3,(H,28,31)(H,29,32). The molecule has 1 saturated carbocycles. The maximum absolute atomic E-state index is 13.4. The van der Waals surface area contributed by atoms with E-state index in [4.69, 9.17) is 23.2 Å². The highest BCUT2D eigenvalue weighted by Crippen LogP contribution is 2.41. The van der Waals surface area contributed by atoms with Crippen LogP contribution < -0.4 is 10.6 Å². The summed E-state index contributed by atoms with van der Waals surface area (Å²) in [6.45, 7) is 1.61. The summed E-state index contributed by atoms with van der Waals surface area (Å²) >= 11 is 12.3. The molecule has 3 amide bonds. The van der Waals surface area contributed by atoms with Crippen molar-refractivity contribution < 1.29 is 22.8 Å². The van der Waals surface area contributed by atoms with Crippen molar-refractivity contribution >= 4 is 40.8 Å². The zero-order valence-electron chi connectivity index (χ0n) is 16.8. The van der Waals surface area contributed by atoms with E-state index < -0.39 is 29.7 Å². The monoisotopic (exact) mass is 483 g/mol. The number of benzene rings is 2. The first-order chi connectivity index (χ1) is 15.1. The van der Waals surface area contributed by atoms with E-state index in [-0.39, 0.29) is 22.3 Å². The van der Waals surface area contributed by atoms with Gasteiger partial charge in [-0.2, -0.15) is 13.2 Å². The SMILES string of the molecule is CC1=C(C(=O)Nc2ccccc2C(F)(F)F)C(c2ccc(Cl)cc2Cl)NC(=O)N1C1CC1. The number of halogens is 5. The largest absolute Gasteiger partial charge is 0.418 e. The number of hydrogen-bond acceptors (Lipinski definition) is 2. The van der Waals surface area contributed by atoms with E-state index in [1.54, 1.807) is 19.1 Å². The molecule has 0 spiro atoms. The van der Waals surface area contributed by atoms with Crippen molar-refractivity contribution in [2.24, 2.45) is 0 Å². The second-order valence-electron chi connectivity index (χ2n) is 7.65. The lowest BCUT2D eigenvalue weighted by atomic mass is 9.93. The molecule has 1 aliphatic carbocycles. The quantitative estimate of drug-likeness (QED) is 0.547. The molecule has 0 radical (unpaired) electrons. The number of alkyl halides is 3. The summed E-state index contributed by atoms with van der Waals surface area (Å²) in [4.78, 5) is 27.6. The fraction of sp³-hybridized carbons (Fsp3) is 0.273. The van der Waals surface area contributed by atoms with Gasteiger partial charge in [0.25, 0.3) is 5.91 Å². The average molecular weight is 484 g/mol. The first-order valence-electron chi connectivity index (χ1n) is 9.81. The van der Waals surface area contributed by atoms with Gasteiger partial charge >= 0.3 is 12.2 Å². The number of carbonyl (C=O) groups is 2. The number of urea groups is 1. The Hall–Kier alpha value is -2.71. The van der Waals surface area contributed by atoms with Gasteiger partial charge in [0.05, 0.1) is 22.9 Å². The van der Waals surface area contributed by atoms with Crippen LogP contribution in [0.5, 0.6) is 0 Å². The minimum Gasteiger partial charge on any atom is -0.326 e. The fourth-order valence-electron chi connectivity index (χ4n) is 3.82. The molecule has 168 valence electrons. The third-order valence-corrected chi connectivity index (χ3v) is 6.00. The molecule has 1 unspecified atom stereocenters. The van der Waals surface area contributed by atoms with E-state index in [2.05, 4.69) is 10.6 Å². The van der Waals surface area contributed by atoms with E-state index >= 15 is 0 Å². The van der Waals surface area contributed by atoms with E-state index in [0.717, 1.165) is 18.9 Å². The molecule has 32 heavy (non-hydrogen) atoms. The minimum atomic E-state index is -4.65. The molecule has 1 atom stereocenters. The van der Waals surface area contributed by atoms with Crippen molar-refractivity contribution in [1.29, 1.82) is 0 Å². The highest BCUT2D eigenvalue weighted by atomic mass is 35.5. The summed E-state index contributed by atoms with van der Waals surface area (Å²) in [7, 11) is 0. The Balaban J connectivity index is 1.78. The van der Waals surface area contributed by atoms with Crippen molar-refractivity contribution in [2.45, 2.75) is 38.0 Å². The van der Waals surface area contributed by atoms with Gasteiger partial charge in [-0.15, -0.1) is 0 Å². The van der Waals surface area contributed by atoms with Gasteiger partial charge in [0.1, 0.15) is 0 Å². The van der Waals surface area contributed by atoms with Gasteiger partial charge in [-0.05, 0) is 49.6 Å². The smallest absolute Gasteiger partial charge is 0.326 e. The molecule has 2 N–H and O–H groups in total. The normalized spacial score (nSPS) is 19.1. The van der Waals surface area contributed by atoms with Crippen LogP contribution in [0.2, 0.25) is 10.0 Å². The summed E-state index contributed by atoms with van der Waals surface area (Å²) in [6.07, 6.45) is -3.08. The molecular weight excluding hydrogens is 466 g/mol. The van der Waals surface area contributed by atoms with Crippen molar-refractivity contribution in [3.8, 4) is 0 Å². The Morgan fingerprint density at radius 2 is 1.84 bits per heavy atom. The van der Waals surface area contributed by atoms with Crippen molar-refractivity contribution in [2.75, 3.05) is 5.32 Å². The first kappa shape index (κ1) is 22.5. The van der Waals surface area contributed by atoms with E-state index in [0.29, 0.717) is 16.3 Å². The zero-order chi connectivity index (χ0) is 23.2. The topological polar surface area (TPSA) is 61.4 Å². The van der Waals surface area contributed by atoms with Gasteiger partial charge in [-0.1, -0.05) is 41.4 Å². The molecule has 0 saturated heterocycles. The number of nitrogens with one attached hydrogen (secondary N) is 2. The van der Waals surface area contributed by atoms with Crippen LogP contribution in [0.1, 0.15) is 36.9 Å². The molecule has 1 fully saturated rings. The number of hydrogen-bond donors (Lipinski definition) is 2. The maximum atomic E-state index is 13.4. The van der Waals surface area contributed by atoms with Gasteiger partial charge in [0, 0.05) is 21.8 Å². The lowest BCUT2D eigenvalue weighted by Crippen LogP contribution is -2.49. The molecule has 0 aromatic heterocycles. The summed E-state index contributed by atoms with van der Waals surface area (Å²) in [5.74, 6) is -0.763. The van der Waals surface area contributed by atoms with Crippen LogP contribution >= 0.6 is 23.2 Å². The minimum absolute atomic E-state index is 0.0538.